The van der Waals surface area contributed by atoms with E-state index in [1.54, 1.807) is 6.07 Å². The number of hydrogen-bond acceptors (Lipinski definition) is 4. The summed E-state index contributed by atoms with van der Waals surface area (Å²) in [6.07, 6.45) is 1.35. The molecule has 1 aliphatic rings. The molecule has 3 amide bonds. The second-order valence-electron chi connectivity index (χ2n) is 4.37. The van der Waals surface area contributed by atoms with Gasteiger partial charge in [0.2, 0.25) is 0 Å². The van der Waals surface area contributed by atoms with Crippen LogP contribution in [0.1, 0.15) is 31.1 Å². The van der Waals surface area contributed by atoms with Crippen LogP contribution in [0.5, 0.6) is 0 Å². The standard InChI is InChI=1S/C14H8ClN3O3/c15-11-4-1-7(6-16-11)12(19)17-8-2-3-9-10(5-8)14(21)18-13(9)20/h1-6H,(H,17,19)(H,18,20,21). The lowest BCUT2D eigenvalue weighted by Crippen LogP contribution is -2.19. The van der Waals surface area contributed by atoms with Crippen LogP contribution in [0, 0.1) is 0 Å². The number of nitrogens with zero attached hydrogens (tertiary/aromatic N) is 1. The van der Waals surface area contributed by atoms with E-state index in [9.17, 15) is 14.4 Å². The summed E-state index contributed by atoms with van der Waals surface area (Å²) in [5.74, 6) is -1.29. The number of anilines is 1. The second kappa shape index (κ2) is 4.99. The first-order chi connectivity index (χ1) is 10.0. The van der Waals surface area contributed by atoms with Gasteiger partial charge in [-0.15, -0.1) is 0 Å². The summed E-state index contributed by atoms with van der Waals surface area (Å²) in [5, 5.41) is 5.11. The summed E-state index contributed by atoms with van der Waals surface area (Å²) in [6, 6.07) is 7.54. The Morgan fingerprint density at radius 1 is 1.10 bits per heavy atom. The highest BCUT2D eigenvalue weighted by Crippen LogP contribution is 2.20. The van der Waals surface area contributed by atoms with Crippen LogP contribution in [0.15, 0.2) is 36.5 Å². The minimum Gasteiger partial charge on any atom is -0.322 e. The minimum absolute atomic E-state index is 0.243. The smallest absolute Gasteiger partial charge is 0.259 e. The van der Waals surface area contributed by atoms with Crippen molar-refractivity contribution in [2.45, 2.75) is 0 Å². The molecular weight excluding hydrogens is 294 g/mol. The Hall–Kier alpha value is -2.73. The van der Waals surface area contributed by atoms with Crippen molar-refractivity contribution in [1.82, 2.24) is 10.3 Å². The molecule has 3 rings (SSSR count). The molecule has 21 heavy (non-hydrogen) atoms. The number of amides is 3. The SMILES string of the molecule is O=C(Nc1ccc2c(c1)C(=O)NC2=O)c1ccc(Cl)nc1. The third-order valence-corrected chi connectivity index (χ3v) is 3.21. The first-order valence-electron chi connectivity index (χ1n) is 5.97. The van der Waals surface area contributed by atoms with Crippen molar-refractivity contribution < 1.29 is 14.4 Å². The van der Waals surface area contributed by atoms with Gasteiger partial charge in [-0.2, -0.15) is 0 Å². The maximum atomic E-state index is 12.0. The van der Waals surface area contributed by atoms with E-state index in [4.69, 9.17) is 11.6 Å². The van der Waals surface area contributed by atoms with E-state index in [-0.39, 0.29) is 11.5 Å². The molecule has 2 N–H and O–H groups in total. The molecule has 0 fully saturated rings. The van der Waals surface area contributed by atoms with E-state index >= 15 is 0 Å². The Bertz CT molecular complexity index is 772. The zero-order chi connectivity index (χ0) is 15.0. The van der Waals surface area contributed by atoms with Gasteiger partial charge in [0, 0.05) is 11.9 Å². The fourth-order valence-electron chi connectivity index (χ4n) is 1.96. The van der Waals surface area contributed by atoms with Gasteiger partial charge in [0.1, 0.15) is 5.15 Å². The van der Waals surface area contributed by atoms with Crippen LogP contribution in [-0.4, -0.2) is 22.7 Å². The largest absolute Gasteiger partial charge is 0.322 e. The van der Waals surface area contributed by atoms with Crippen LogP contribution in [0.2, 0.25) is 5.15 Å². The van der Waals surface area contributed by atoms with Crippen molar-refractivity contribution in [2.75, 3.05) is 5.32 Å². The number of halogens is 1. The Morgan fingerprint density at radius 2 is 1.86 bits per heavy atom. The van der Waals surface area contributed by atoms with Gasteiger partial charge in [0.25, 0.3) is 17.7 Å². The maximum absolute atomic E-state index is 12.0. The average molecular weight is 302 g/mol. The van der Waals surface area contributed by atoms with Gasteiger partial charge in [-0.05, 0) is 30.3 Å². The summed E-state index contributed by atoms with van der Waals surface area (Å²) < 4.78 is 0. The van der Waals surface area contributed by atoms with E-state index < -0.39 is 11.8 Å². The summed E-state index contributed by atoms with van der Waals surface area (Å²) in [7, 11) is 0. The normalized spacial score (nSPS) is 12.8. The highest BCUT2D eigenvalue weighted by Gasteiger charge is 2.26. The monoisotopic (exact) mass is 301 g/mol. The maximum Gasteiger partial charge on any atom is 0.259 e. The van der Waals surface area contributed by atoms with Gasteiger partial charge < -0.3 is 5.32 Å². The average Bonchev–Trinajstić information content (AvgIpc) is 2.74. The van der Waals surface area contributed by atoms with Crippen molar-refractivity contribution in [3.05, 3.63) is 58.4 Å². The van der Waals surface area contributed by atoms with Gasteiger partial charge in [0.15, 0.2) is 0 Å². The number of benzene rings is 1. The van der Waals surface area contributed by atoms with Gasteiger partial charge in [-0.3, -0.25) is 19.7 Å². The molecule has 0 spiro atoms. The summed E-state index contributed by atoms with van der Waals surface area (Å²) in [5.41, 5.74) is 1.29. The molecule has 0 unspecified atom stereocenters. The fraction of sp³-hybridized carbons (Fsp3) is 0. The van der Waals surface area contributed by atoms with Crippen molar-refractivity contribution in [1.29, 1.82) is 0 Å². The molecule has 1 aromatic heterocycles. The summed E-state index contributed by atoms with van der Waals surface area (Å²) in [4.78, 5) is 38.8. The third kappa shape index (κ3) is 2.48. The number of carbonyl (C=O) groups is 3. The first kappa shape index (κ1) is 13.3. The highest BCUT2D eigenvalue weighted by atomic mass is 35.5. The van der Waals surface area contributed by atoms with Crippen molar-refractivity contribution in [3.63, 3.8) is 0 Å². The van der Waals surface area contributed by atoms with E-state index in [2.05, 4.69) is 15.6 Å². The van der Waals surface area contributed by atoms with Crippen LogP contribution >= 0.6 is 11.6 Å². The molecular formula is C14H8ClN3O3. The second-order valence-corrected chi connectivity index (χ2v) is 4.75. The lowest BCUT2D eigenvalue weighted by Gasteiger charge is -2.06. The quantitative estimate of drug-likeness (QED) is 0.655. The number of rotatable bonds is 2. The molecule has 0 atom stereocenters. The predicted octanol–water partition coefficient (Wildman–Crippen LogP) is 1.87. The number of carbonyl (C=O) groups excluding carboxylic acids is 3. The minimum atomic E-state index is -0.473. The van der Waals surface area contributed by atoms with E-state index in [1.165, 1.54) is 30.5 Å². The molecule has 1 aromatic carbocycles. The number of pyridine rings is 1. The van der Waals surface area contributed by atoms with Crippen LogP contribution < -0.4 is 10.6 Å². The molecule has 0 bridgehead atoms. The number of aromatic nitrogens is 1. The van der Waals surface area contributed by atoms with Gasteiger partial charge in [-0.25, -0.2) is 4.98 Å². The molecule has 104 valence electrons. The Morgan fingerprint density at radius 3 is 2.57 bits per heavy atom. The molecule has 7 heteroatoms. The van der Waals surface area contributed by atoms with E-state index in [1.807, 2.05) is 0 Å². The topological polar surface area (TPSA) is 88.2 Å². The zero-order valence-electron chi connectivity index (χ0n) is 10.5. The van der Waals surface area contributed by atoms with Crippen molar-refractivity contribution in [3.8, 4) is 0 Å². The fourth-order valence-corrected chi connectivity index (χ4v) is 2.07. The summed E-state index contributed by atoms with van der Waals surface area (Å²) in [6.45, 7) is 0. The van der Waals surface area contributed by atoms with Crippen LogP contribution in [0.4, 0.5) is 5.69 Å². The lowest BCUT2D eigenvalue weighted by molar-refractivity contribution is 0.0878. The Balaban J connectivity index is 1.84. The molecule has 0 radical (unpaired) electrons. The van der Waals surface area contributed by atoms with Crippen LogP contribution in [-0.2, 0) is 0 Å². The lowest BCUT2D eigenvalue weighted by atomic mass is 10.1. The number of imide groups is 1. The van der Waals surface area contributed by atoms with Crippen molar-refractivity contribution >= 4 is 35.0 Å². The van der Waals surface area contributed by atoms with Gasteiger partial charge in [0.05, 0.1) is 16.7 Å². The first-order valence-corrected chi connectivity index (χ1v) is 6.35. The highest BCUT2D eigenvalue weighted by molar-refractivity contribution is 6.29. The van der Waals surface area contributed by atoms with E-state index in [0.717, 1.165) is 0 Å². The van der Waals surface area contributed by atoms with E-state index in [0.29, 0.717) is 22.0 Å². The van der Waals surface area contributed by atoms with Crippen LogP contribution in [0.3, 0.4) is 0 Å². The summed E-state index contributed by atoms with van der Waals surface area (Å²) >= 11 is 5.65. The molecule has 0 aliphatic carbocycles. The molecule has 2 heterocycles. The number of nitrogens with one attached hydrogen (secondary N) is 2. The Labute approximate surface area is 124 Å². The predicted molar refractivity (Wildman–Crippen MR) is 75.4 cm³/mol. The van der Waals surface area contributed by atoms with Gasteiger partial charge >= 0.3 is 0 Å². The van der Waals surface area contributed by atoms with Crippen molar-refractivity contribution in [2.24, 2.45) is 0 Å². The van der Waals surface area contributed by atoms with Gasteiger partial charge in [-0.1, -0.05) is 11.6 Å². The zero-order valence-corrected chi connectivity index (χ0v) is 11.3. The Kier molecular flexibility index (Phi) is 3.15. The molecule has 0 saturated heterocycles. The molecule has 0 saturated carbocycles. The molecule has 1 aliphatic heterocycles. The number of hydrogen-bond donors (Lipinski definition) is 2. The van der Waals surface area contributed by atoms with Crippen LogP contribution in [0.25, 0.3) is 0 Å². The molecule has 2 aromatic rings. The third-order valence-electron chi connectivity index (χ3n) is 2.98. The molecule has 6 nitrogen and oxygen atoms in total. The number of fused-ring (bicyclic) bond motifs is 1.